The standard InChI is InChI=1S/C24H30N2O7/c1-15(2)20(26-24(29)33-14-16-9-7-6-8-10-16)22(27)25-21(23(28)32-5)17-11-12-18(30-3)19(13-17)31-4/h6-13,15,20-21H,14H2,1-5H3,(H,25,27)(H,26,29). The molecule has 2 amide bonds. The van der Waals surface area contributed by atoms with E-state index in [1.54, 1.807) is 32.0 Å². The van der Waals surface area contributed by atoms with E-state index < -0.39 is 30.1 Å². The molecule has 33 heavy (non-hydrogen) atoms. The van der Waals surface area contributed by atoms with Gasteiger partial charge in [-0.15, -0.1) is 0 Å². The maximum Gasteiger partial charge on any atom is 0.408 e. The number of amides is 2. The van der Waals surface area contributed by atoms with Crippen molar-refractivity contribution in [2.45, 2.75) is 32.5 Å². The van der Waals surface area contributed by atoms with Crippen LogP contribution in [0.15, 0.2) is 48.5 Å². The molecule has 0 saturated carbocycles. The molecule has 0 radical (unpaired) electrons. The lowest BCUT2D eigenvalue weighted by Gasteiger charge is -2.25. The predicted molar refractivity (Wildman–Crippen MR) is 121 cm³/mol. The van der Waals surface area contributed by atoms with E-state index >= 15 is 0 Å². The summed E-state index contributed by atoms with van der Waals surface area (Å²) in [7, 11) is 4.18. The molecule has 0 spiro atoms. The third-order valence-corrected chi connectivity index (χ3v) is 4.90. The van der Waals surface area contributed by atoms with E-state index in [-0.39, 0.29) is 12.5 Å². The maximum absolute atomic E-state index is 13.0. The molecule has 0 bridgehead atoms. The molecular formula is C24H30N2O7. The molecule has 0 saturated heterocycles. The number of esters is 1. The van der Waals surface area contributed by atoms with Gasteiger partial charge in [0, 0.05) is 0 Å². The Labute approximate surface area is 193 Å². The number of hydrogen-bond acceptors (Lipinski definition) is 7. The number of methoxy groups -OCH3 is 3. The van der Waals surface area contributed by atoms with Gasteiger partial charge in [0.15, 0.2) is 17.5 Å². The van der Waals surface area contributed by atoms with Gasteiger partial charge in [-0.1, -0.05) is 50.2 Å². The van der Waals surface area contributed by atoms with Crippen molar-refractivity contribution in [3.63, 3.8) is 0 Å². The second-order valence-electron chi connectivity index (χ2n) is 7.51. The van der Waals surface area contributed by atoms with Crippen LogP contribution in [0.4, 0.5) is 4.79 Å². The number of rotatable bonds is 10. The van der Waals surface area contributed by atoms with E-state index in [4.69, 9.17) is 18.9 Å². The number of alkyl carbamates (subject to hydrolysis) is 1. The molecule has 9 nitrogen and oxygen atoms in total. The van der Waals surface area contributed by atoms with Crippen LogP contribution < -0.4 is 20.1 Å². The number of nitrogens with one attached hydrogen (secondary N) is 2. The van der Waals surface area contributed by atoms with Gasteiger partial charge in [0.2, 0.25) is 5.91 Å². The van der Waals surface area contributed by atoms with E-state index in [0.29, 0.717) is 17.1 Å². The van der Waals surface area contributed by atoms with Gasteiger partial charge in [0.1, 0.15) is 12.6 Å². The van der Waals surface area contributed by atoms with Crippen LogP contribution in [-0.4, -0.2) is 45.3 Å². The molecule has 2 atom stereocenters. The Morgan fingerprint density at radius 2 is 1.55 bits per heavy atom. The Morgan fingerprint density at radius 1 is 0.879 bits per heavy atom. The fourth-order valence-electron chi connectivity index (χ4n) is 3.09. The normalized spacial score (nSPS) is 12.3. The van der Waals surface area contributed by atoms with Crippen LogP contribution >= 0.6 is 0 Å². The van der Waals surface area contributed by atoms with Crippen molar-refractivity contribution in [1.29, 1.82) is 0 Å². The van der Waals surface area contributed by atoms with Gasteiger partial charge in [-0.3, -0.25) is 4.79 Å². The first-order valence-corrected chi connectivity index (χ1v) is 10.4. The van der Waals surface area contributed by atoms with Crippen LogP contribution in [-0.2, 0) is 25.7 Å². The highest BCUT2D eigenvalue weighted by molar-refractivity contribution is 5.90. The lowest BCUT2D eigenvalue weighted by Crippen LogP contribution is -2.51. The van der Waals surface area contributed by atoms with Crippen molar-refractivity contribution in [2.75, 3.05) is 21.3 Å². The van der Waals surface area contributed by atoms with Gasteiger partial charge < -0.3 is 29.6 Å². The molecule has 0 aromatic heterocycles. The molecular weight excluding hydrogens is 428 g/mol. The largest absolute Gasteiger partial charge is 0.493 e. The molecule has 178 valence electrons. The van der Waals surface area contributed by atoms with Gasteiger partial charge in [0.05, 0.1) is 21.3 Å². The monoisotopic (exact) mass is 458 g/mol. The Kier molecular flexibility index (Phi) is 9.53. The minimum absolute atomic E-state index is 0.0650. The fourth-order valence-corrected chi connectivity index (χ4v) is 3.09. The summed E-state index contributed by atoms with van der Waals surface area (Å²) < 4.78 is 20.6. The zero-order chi connectivity index (χ0) is 24.4. The molecule has 2 N–H and O–H groups in total. The van der Waals surface area contributed by atoms with E-state index in [2.05, 4.69) is 10.6 Å². The summed E-state index contributed by atoms with van der Waals surface area (Å²) in [5.74, 6) is -0.658. The maximum atomic E-state index is 13.0. The summed E-state index contributed by atoms with van der Waals surface area (Å²) in [6.07, 6.45) is -0.742. The second kappa shape index (κ2) is 12.3. The molecule has 0 aliphatic carbocycles. The first-order chi connectivity index (χ1) is 15.8. The Morgan fingerprint density at radius 3 is 2.12 bits per heavy atom. The summed E-state index contributed by atoms with van der Waals surface area (Å²) >= 11 is 0. The van der Waals surface area contributed by atoms with E-state index in [0.717, 1.165) is 5.56 Å². The predicted octanol–water partition coefficient (Wildman–Crippen LogP) is 2.99. The third kappa shape index (κ3) is 7.13. The lowest BCUT2D eigenvalue weighted by molar-refractivity contribution is -0.145. The minimum Gasteiger partial charge on any atom is -0.493 e. The highest BCUT2D eigenvalue weighted by atomic mass is 16.5. The number of carbonyl (C=O) groups excluding carboxylic acids is 3. The van der Waals surface area contributed by atoms with Crippen molar-refractivity contribution in [1.82, 2.24) is 10.6 Å². The third-order valence-electron chi connectivity index (χ3n) is 4.90. The van der Waals surface area contributed by atoms with Crippen LogP contribution in [0, 0.1) is 5.92 Å². The summed E-state index contributed by atoms with van der Waals surface area (Å²) in [5, 5.41) is 5.22. The molecule has 0 aliphatic heterocycles. The average Bonchev–Trinajstić information content (AvgIpc) is 2.83. The number of hydrogen-bond donors (Lipinski definition) is 2. The highest BCUT2D eigenvalue weighted by Crippen LogP contribution is 2.30. The van der Waals surface area contributed by atoms with Crippen LogP contribution in [0.25, 0.3) is 0 Å². The fraction of sp³-hybridized carbons (Fsp3) is 0.375. The van der Waals surface area contributed by atoms with Crippen LogP contribution in [0.5, 0.6) is 11.5 Å². The second-order valence-corrected chi connectivity index (χ2v) is 7.51. The van der Waals surface area contributed by atoms with Crippen molar-refractivity contribution in [3.05, 3.63) is 59.7 Å². The molecule has 0 aliphatic rings. The summed E-state index contributed by atoms with van der Waals surface area (Å²) in [6, 6.07) is 11.9. The zero-order valence-electron chi connectivity index (χ0n) is 19.4. The summed E-state index contributed by atoms with van der Waals surface area (Å²) in [4.78, 5) is 37.8. The Bertz CT molecular complexity index is 947. The topological polar surface area (TPSA) is 112 Å². The SMILES string of the molecule is COC(=O)C(NC(=O)C(NC(=O)OCc1ccccc1)C(C)C)c1ccc(OC)c(OC)c1. The first-order valence-electron chi connectivity index (χ1n) is 10.4. The van der Waals surface area contributed by atoms with E-state index in [9.17, 15) is 14.4 Å². The molecule has 2 aromatic carbocycles. The summed E-state index contributed by atoms with van der Waals surface area (Å²) in [6.45, 7) is 3.60. The molecule has 0 fully saturated rings. The molecule has 9 heteroatoms. The molecule has 2 unspecified atom stereocenters. The van der Waals surface area contributed by atoms with Gasteiger partial charge in [0.25, 0.3) is 0 Å². The number of carbonyl (C=O) groups is 3. The first kappa shape index (κ1) is 25.5. The van der Waals surface area contributed by atoms with Gasteiger partial charge >= 0.3 is 12.1 Å². The van der Waals surface area contributed by atoms with Gasteiger partial charge in [-0.05, 0) is 29.2 Å². The van der Waals surface area contributed by atoms with Gasteiger partial charge in [-0.25, -0.2) is 9.59 Å². The molecule has 0 heterocycles. The van der Waals surface area contributed by atoms with E-state index in [1.807, 2.05) is 30.3 Å². The van der Waals surface area contributed by atoms with Crippen molar-refractivity contribution < 1.29 is 33.3 Å². The number of ether oxygens (including phenoxy) is 4. The molecule has 2 rings (SSSR count). The Hall–Kier alpha value is -3.75. The summed E-state index contributed by atoms with van der Waals surface area (Å²) in [5.41, 5.74) is 1.25. The van der Waals surface area contributed by atoms with Crippen LogP contribution in [0.1, 0.15) is 31.0 Å². The highest BCUT2D eigenvalue weighted by Gasteiger charge is 2.31. The van der Waals surface area contributed by atoms with Crippen molar-refractivity contribution in [3.8, 4) is 11.5 Å². The Balaban J connectivity index is 2.14. The van der Waals surface area contributed by atoms with E-state index in [1.165, 1.54) is 21.3 Å². The quantitative estimate of drug-likeness (QED) is 0.527. The average molecular weight is 459 g/mol. The van der Waals surface area contributed by atoms with Crippen molar-refractivity contribution >= 4 is 18.0 Å². The smallest absolute Gasteiger partial charge is 0.408 e. The van der Waals surface area contributed by atoms with Crippen LogP contribution in [0.2, 0.25) is 0 Å². The van der Waals surface area contributed by atoms with Crippen LogP contribution in [0.3, 0.4) is 0 Å². The van der Waals surface area contributed by atoms with Gasteiger partial charge in [-0.2, -0.15) is 0 Å². The lowest BCUT2D eigenvalue weighted by atomic mass is 10.0. The zero-order valence-corrected chi connectivity index (χ0v) is 19.4. The number of benzene rings is 2. The minimum atomic E-state index is -1.12. The van der Waals surface area contributed by atoms with Crippen molar-refractivity contribution in [2.24, 2.45) is 5.92 Å². The molecule has 2 aromatic rings.